The van der Waals surface area contributed by atoms with Crippen molar-refractivity contribution in [2.75, 3.05) is 26.3 Å². The van der Waals surface area contributed by atoms with Crippen LogP contribution in [0.5, 0.6) is 0 Å². The van der Waals surface area contributed by atoms with Gasteiger partial charge in [-0.15, -0.1) is 20.4 Å². The van der Waals surface area contributed by atoms with Crippen LogP contribution in [0.4, 0.5) is 8.78 Å². The number of aromatic nitrogens is 6. The molecule has 2 aromatic heterocycles. The maximum Gasteiger partial charge on any atom is 0.314 e. The Kier molecular flexibility index (Phi) is 6.04. The number of benzene rings is 2. The second-order valence-electron chi connectivity index (χ2n) is 7.57. The van der Waals surface area contributed by atoms with Gasteiger partial charge in [0.15, 0.2) is 0 Å². The second kappa shape index (κ2) is 9.43. The van der Waals surface area contributed by atoms with E-state index in [9.17, 15) is 13.6 Å². The van der Waals surface area contributed by atoms with Crippen LogP contribution in [0, 0.1) is 0 Å². The Hall–Kier alpha value is -4.06. The smallest absolute Gasteiger partial charge is 0.314 e. The molecular weight excluding hydrogens is 448 g/mol. The molecule has 0 bridgehead atoms. The van der Waals surface area contributed by atoms with E-state index in [0.29, 0.717) is 55.4 Å². The van der Waals surface area contributed by atoms with Crippen molar-refractivity contribution in [2.24, 2.45) is 0 Å². The summed E-state index contributed by atoms with van der Waals surface area (Å²) in [6, 6.07) is 14.1. The van der Waals surface area contributed by atoms with E-state index in [1.165, 1.54) is 4.80 Å². The number of carbonyl (C=O) groups is 1. The molecule has 0 spiro atoms. The molecule has 3 heterocycles. The summed E-state index contributed by atoms with van der Waals surface area (Å²) in [4.78, 5) is 15.9. The Balaban J connectivity index is 1.27. The van der Waals surface area contributed by atoms with Crippen molar-refractivity contribution in [2.45, 2.75) is 13.0 Å². The predicted octanol–water partition coefficient (Wildman–Crippen LogP) is 2.85. The lowest BCUT2D eigenvalue weighted by molar-refractivity contribution is 0.0303. The van der Waals surface area contributed by atoms with Crippen molar-refractivity contribution in [3.8, 4) is 22.8 Å². The molecule has 4 aromatic rings. The molecule has 1 fully saturated rings. The van der Waals surface area contributed by atoms with Gasteiger partial charge < -0.3 is 14.1 Å². The number of rotatable bonds is 6. The third kappa shape index (κ3) is 4.66. The normalized spacial score (nSPS) is 14.0. The summed E-state index contributed by atoms with van der Waals surface area (Å²) in [5, 5.41) is 19.6. The van der Waals surface area contributed by atoms with Gasteiger partial charge in [0.25, 0.3) is 11.8 Å². The summed E-state index contributed by atoms with van der Waals surface area (Å²) in [5.74, 6) is -0.346. The van der Waals surface area contributed by atoms with Crippen molar-refractivity contribution in [3.05, 3.63) is 65.5 Å². The Morgan fingerprint density at radius 2 is 1.79 bits per heavy atom. The number of hydrogen-bond acceptors (Lipinski definition) is 8. The molecule has 0 unspecified atom stereocenters. The third-order valence-electron chi connectivity index (χ3n) is 5.27. The molecule has 1 aliphatic rings. The highest BCUT2D eigenvalue weighted by atomic mass is 19.3. The summed E-state index contributed by atoms with van der Waals surface area (Å²) in [7, 11) is 0. The molecule has 0 N–H and O–H groups in total. The summed E-state index contributed by atoms with van der Waals surface area (Å²) >= 11 is 0. The molecule has 0 atom stereocenters. The molecule has 10 nitrogen and oxygen atoms in total. The Morgan fingerprint density at radius 3 is 2.53 bits per heavy atom. The third-order valence-corrected chi connectivity index (χ3v) is 5.27. The van der Waals surface area contributed by atoms with Gasteiger partial charge >= 0.3 is 6.43 Å². The van der Waals surface area contributed by atoms with E-state index >= 15 is 0 Å². The summed E-state index contributed by atoms with van der Waals surface area (Å²) in [6.07, 6.45) is -2.81. The average Bonchev–Trinajstić information content (AvgIpc) is 3.55. The van der Waals surface area contributed by atoms with Crippen LogP contribution in [0.15, 0.2) is 52.9 Å². The van der Waals surface area contributed by atoms with Crippen LogP contribution in [-0.4, -0.2) is 67.5 Å². The quantitative estimate of drug-likeness (QED) is 0.426. The Bertz CT molecular complexity index is 1280. The molecule has 1 saturated heterocycles. The summed E-state index contributed by atoms with van der Waals surface area (Å²) in [6.45, 7) is 2.54. The van der Waals surface area contributed by atoms with Gasteiger partial charge in [-0.3, -0.25) is 4.79 Å². The average molecular weight is 467 g/mol. The van der Waals surface area contributed by atoms with Gasteiger partial charge in [-0.1, -0.05) is 24.3 Å². The van der Waals surface area contributed by atoms with Crippen LogP contribution >= 0.6 is 0 Å². The fourth-order valence-electron chi connectivity index (χ4n) is 3.52. The highest BCUT2D eigenvalue weighted by Crippen LogP contribution is 2.23. The first-order chi connectivity index (χ1) is 16.6. The maximum absolute atomic E-state index is 12.8. The van der Waals surface area contributed by atoms with E-state index in [1.807, 2.05) is 6.07 Å². The predicted molar refractivity (Wildman–Crippen MR) is 114 cm³/mol. The van der Waals surface area contributed by atoms with Crippen LogP contribution in [-0.2, 0) is 11.3 Å². The zero-order valence-corrected chi connectivity index (χ0v) is 17.8. The minimum Gasteiger partial charge on any atom is -0.415 e. The highest BCUT2D eigenvalue weighted by molar-refractivity contribution is 5.95. The number of nitrogens with zero attached hydrogens (tertiary/aromatic N) is 7. The number of hydrogen-bond donors (Lipinski definition) is 0. The van der Waals surface area contributed by atoms with Crippen molar-refractivity contribution in [1.29, 1.82) is 0 Å². The Labute approximate surface area is 192 Å². The van der Waals surface area contributed by atoms with Crippen LogP contribution < -0.4 is 0 Å². The summed E-state index contributed by atoms with van der Waals surface area (Å²) in [5.41, 5.74) is 2.63. The maximum atomic E-state index is 12.8. The van der Waals surface area contributed by atoms with E-state index in [0.717, 1.165) is 5.56 Å². The number of carbonyl (C=O) groups excluding carboxylic acids is 1. The van der Waals surface area contributed by atoms with Gasteiger partial charge in [0, 0.05) is 29.8 Å². The van der Waals surface area contributed by atoms with E-state index in [-0.39, 0.29) is 11.8 Å². The van der Waals surface area contributed by atoms with Gasteiger partial charge in [-0.25, -0.2) is 0 Å². The number of alkyl halides is 2. The number of amides is 1. The van der Waals surface area contributed by atoms with Gasteiger partial charge in [0.05, 0.1) is 19.8 Å². The fourth-order valence-corrected chi connectivity index (χ4v) is 3.52. The molecule has 174 valence electrons. The first-order valence-electron chi connectivity index (χ1n) is 10.5. The first kappa shape index (κ1) is 21.8. The highest BCUT2D eigenvalue weighted by Gasteiger charge is 2.20. The Morgan fingerprint density at radius 1 is 1.00 bits per heavy atom. The SMILES string of the molecule is O=C(c1cccc(-c2nnn(Cc3ccc(-c4nnc(C(F)F)o4)cc3)n2)c1)N1CCOCC1. The monoisotopic (exact) mass is 467 g/mol. The zero-order chi connectivity index (χ0) is 23.5. The topological polar surface area (TPSA) is 112 Å². The first-order valence-corrected chi connectivity index (χ1v) is 10.5. The van der Waals surface area contributed by atoms with Gasteiger partial charge in [-0.05, 0) is 35.0 Å². The largest absolute Gasteiger partial charge is 0.415 e. The molecule has 1 amide bonds. The zero-order valence-electron chi connectivity index (χ0n) is 17.8. The van der Waals surface area contributed by atoms with Crippen LogP contribution in [0.1, 0.15) is 28.2 Å². The van der Waals surface area contributed by atoms with Crippen molar-refractivity contribution < 1.29 is 22.7 Å². The van der Waals surface area contributed by atoms with Crippen molar-refractivity contribution >= 4 is 5.91 Å². The van der Waals surface area contributed by atoms with Crippen LogP contribution in [0.3, 0.4) is 0 Å². The standard InChI is InChI=1S/C22H19F2N7O3/c23-18(24)21-27-26-20(34-21)15-6-4-14(5-7-15)13-31-28-19(25-29-31)16-2-1-3-17(12-16)22(32)30-8-10-33-11-9-30/h1-7,12,18H,8-11,13H2. The molecule has 0 saturated carbocycles. The fraction of sp³-hybridized carbons (Fsp3) is 0.273. The number of halogens is 2. The second-order valence-corrected chi connectivity index (χ2v) is 7.57. The molecule has 12 heteroatoms. The molecule has 1 aliphatic heterocycles. The minimum atomic E-state index is -2.81. The van der Waals surface area contributed by atoms with Gasteiger partial charge in [-0.2, -0.15) is 13.6 Å². The lowest BCUT2D eigenvalue weighted by atomic mass is 10.1. The van der Waals surface area contributed by atoms with Gasteiger partial charge in [0.1, 0.15) is 0 Å². The number of tetrazole rings is 1. The molecule has 0 aliphatic carbocycles. The molecule has 0 radical (unpaired) electrons. The van der Waals surface area contributed by atoms with E-state index in [2.05, 4.69) is 25.6 Å². The van der Waals surface area contributed by atoms with Crippen LogP contribution in [0.25, 0.3) is 22.8 Å². The lowest BCUT2D eigenvalue weighted by Gasteiger charge is -2.26. The molecule has 5 rings (SSSR count). The molecule has 34 heavy (non-hydrogen) atoms. The molecule has 2 aromatic carbocycles. The lowest BCUT2D eigenvalue weighted by Crippen LogP contribution is -2.40. The minimum absolute atomic E-state index is 0.0227. The number of morpholine rings is 1. The summed E-state index contributed by atoms with van der Waals surface area (Å²) < 4.78 is 35.5. The van der Waals surface area contributed by atoms with Crippen LogP contribution in [0.2, 0.25) is 0 Å². The van der Waals surface area contributed by atoms with Crippen molar-refractivity contribution in [3.63, 3.8) is 0 Å². The van der Waals surface area contributed by atoms with Crippen molar-refractivity contribution in [1.82, 2.24) is 35.3 Å². The van der Waals surface area contributed by atoms with Gasteiger partial charge in [0.2, 0.25) is 11.7 Å². The van der Waals surface area contributed by atoms with E-state index in [1.54, 1.807) is 47.4 Å². The van der Waals surface area contributed by atoms with E-state index < -0.39 is 12.3 Å². The van der Waals surface area contributed by atoms with E-state index in [4.69, 9.17) is 9.15 Å². The number of ether oxygens (including phenoxy) is 1. The molecular formula is C22H19F2N7O3.